The Hall–Kier alpha value is -6.01. The van der Waals surface area contributed by atoms with Crippen molar-refractivity contribution in [2.75, 3.05) is 0 Å². The van der Waals surface area contributed by atoms with Crippen LogP contribution in [0.25, 0.3) is 66.3 Å². The molecule has 6 nitrogen and oxygen atoms in total. The zero-order valence-corrected chi connectivity index (χ0v) is 22.9. The first kappa shape index (κ1) is 23.7. The van der Waals surface area contributed by atoms with Gasteiger partial charge in [-0.25, -0.2) is 15.0 Å². The number of aromatic nitrogens is 5. The molecule has 0 fully saturated rings. The summed E-state index contributed by atoms with van der Waals surface area (Å²) in [4.78, 5) is 14.5. The Bertz CT molecular complexity index is 2480. The smallest absolute Gasteiger partial charge is 0.147 e. The lowest BCUT2D eigenvalue weighted by Crippen LogP contribution is -1.96. The van der Waals surface area contributed by atoms with E-state index < -0.39 is 0 Å². The topological polar surface area (TPSA) is 57.2 Å². The fraction of sp³-hybridized carbons (Fsp3) is 0. The van der Waals surface area contributed by atoms with Crippen molar-refractivity contribution in [2.45, 2.75) is 0 Å². The molecular weight excluding hydrogens is 530 g/mol. The number of benzene rings is 4. The average molecular weight is 554 g/mol. The highest BCUT2D eigenvalue weighted by atomic mass is 16.5. The third kappa shape index (κ3) is 3.70. The predicted molar refractivity (Wildman–Crippen MR) is 172 cm³/mol. The van der Waals surface area contributed by atoms with Crippen molar-refractivity contribution in [1.29, 1.82) is 0 Å². The Kier molecular flexibility index (Phi) is 5.10. The highest BCUT2D eigenvalue weighted by molar-refractivity contribution is 6.12. The van der Waals surface area contributed by atoms with Gasteiger partial charge in [0.2, 0.25) is 0 Å². The third-order valence-corrected chi connectivity index (χ3v) is 8.07. The summed E-state index contributed by atoms with van der Waals surface area (Å²) >= 11 is 0. The van der Waals surface area contributed by atoms with E-state index in [0.717, 1.165) is 72.4 Å². The number of hydrogen-bond donors (Lipinski definition) is 0. The molecule has 43 heavy (non-hydrogen) atoms. The van der Waals surface area contributed by atoms with Gasteiger partial charge in [-0.05, 0) is 66.0 Å². The van der Waals surface area contributed by atoms with Gasteiger partial charge < -0.3 is 4.74 Å². The molecule has 0 atom stereocenters. The monoisotopic (exact) mass is 553 g/mol. The van der Waals surface area contributed by atoms with Crippen molar-refractivity contribution in [3.8, 4) is 28.6 Å². The van der Waals surface area contributed by atoms with Crippen molar-refractivity contribution in [3.63, 3.8) is 0 Å². The van der Waals surface area contributed by atoms with E-state index in [1.807, 2.05) is 67.0 Å². The molecule has 0 amide bonds. The Morgan fingerprint density at radius 3 is 2.14 bits per heavy atom. The molecule has 0 aliphatic heterocycles. The van der Waals surface area contributed by atoms with Crippen LogP contribution in [-0.2, 0) is 0 Å². The summed E-state index contributed by atoms with van der Waals surface area (Å²) in [6, 6.07) is 41.2. The third-order valence-electron chi connectivity index (χ3n) is 8.07. The van der Waals surface area contributed by atoms with Gasteiger partial charge in [-0.3, -0.25) is 8.97 Å². The summed E-state index contributed by atoms with van der Waals surface area (Å²) in [5.41, 5.74) is 5.83. The molecule has 0 saturated carbocycles. The molecule has 0 spiro atoms. The van der Waals surface area contributed by atoms with Crippen molar-refractivity contribution in [1.82, 2.24) is 23.9 Å². The second kappa shape index (κ2) is 9.26. The van der Waals surface area contributed by atoms with Crippen LogP contribution < -0.4 is 4.74 Å². The lowest BCUT2D eigenvalue weighted by atomic mass is 10.1. The fourth-order valence-corrected chi connectivity index (χ4v) is 6.17. The minimum absolute atomic E-state index is 0.738. The molecule has 202 valence electrons. The number of pyridine rings is 3. The maximum Gasteiger partial charge on any atom is 0.147 e. The molecule has 0 unspecified atom stereocenters. The number of nitrogens with zero attached hydrogens (tertiary/aromatic N) is 5. The van der Waals surface area contributed by atoms with Crippen LogP contribution in [0.1, 0.15) is 0 Å². The molecular formula is C37H23N5O. The SMILES string of the molecule is c1ccc(-c2cn3c4ncccc4c4ccc(Oc5ccc6c7ccccc7n(-c7ccccn7)c6c5)cc4c3n2)cc1. The molecule has 0 bridgehead atoms. The maximum absolute atomic E-state index is 6.55. The average Bonchev–Trinajstić information content (AvgIpc) is 3.66. The molecule has 4 aromatic carbocycles. The van der Waals surface area contributed by atoms with Crippen LogP contribution in [0.4, 0.5) is 0 Å². The standard InChI is InChI=1S/C37H23N5O/c1-2-9-24(10-3-1)32-23-41-36-30(12-8-20-39-36)27-17-15-25(21-31(27)37(41)40-32)43-26-16-18-29-28-11-4-5-13-33(28)42(34(29)22-26)35-14-6-7-19-38-35/h1-23H. The van der Waals surface area contributed by atoms with Gasteiger partial charge in [0.05, 0.1) is 16.7 Å². The van der Waals surface area contributed by atoms with E-state index >= 15 is 0 Å². The number of imidazole rings is 1. The summed E-state index contributed by atoms with van der Waals surface area (Å²) in [5, 5.41) is 5.48. The number of hydrogen-bond acceptors (Lipinski definition) is 4. The maximum atomic E-state index is 6.55. The zero-order valence-electron chi connectivity index (χ0n) is 22.9. The first-order valence-corrected chi connectivity index (χ1v) is 14.2. The predicted octanol–water partition coefficient (Wildman–Crippen LogP) is 8.99. The van der Waals surface area contributed by atoms with Gasteiger partial charge in [0.15, 0.2) is 0 Å². The second-order valence-electron chi connectivity index (χ2n) is 10.6. The van der Waals surface area contributed by atoms with Crippen molar-refractivity contribution in [3.05, 3.63) is 140 Å². The minimum Gasteiger partial charge on any atom is -0.457 e. The summed E-state index contributed by atoms with van der Waals surface area (Å²) in [5.74, 6) is 2.35. The number of para-hydroxylation sites is 1. The molecule has 6 heteroatoms. The van der Waals surface area contributed by atoms with Crippen LogP contribution in [0, 0.1) is 0 Å². The zero-order chi connectivity index (χ0) is 28.3. The summed E-state index contributed by atoms with van der Waals surface area (Å²) in [6.45, 7) is 0. The molecule has 9 aromatic rings. The largest absolute Gasteiger partial charge is 0.457 e. The summed E-state index contributed by atoms with van der Waals surface area (Å²) in [7, 11) is 0. The fourth-order valence-electron chi connectivity index (χ4n) is 6.17. The van der Waals surface area contributed by atoms with Gasteiger partial charge in [-0.2, -0.15) is 0 Å². The normalized spacial score (nSPS) is 11.7. The van der Waals surface area contributed by atoms with Gasteiger partial charge in [0.25, 0.3) is 0 Å². The van der Waals surface area contributed by atoms with E-state index in [0.29, 0.717) is 0 Å². The van der Waals surface area contributed by atoms with E-state index in [1.54, 1.807) is 0 Å². The van der Waals surface area contributed by atoms with E-state index in [2.05, 4.69) is 86.9 Å². The Balaban J connectivity index is 1.21. The number of ether oxygens (including phenoxy) is 1. The molecule has 0 aliphatic rings. The van der Waals surface area contributed by atoms with Crippen LogP contribution in [0.2, 0.25) is 0 Å². The molecule has 0 saturated heterocycles. The van der Waals surface area contributed by atoms with Gasteiger partial charge in [-0.1, -0.05) is 54.6 Å². The summed E-state index contributed by atoms with van der Waals surface area (Å²) in [6.07, 6.45) is 5.72. The number of fused-ring (bicyclic) bond motifs is 9. The molecule has 0 aliphatic carbocycles. The van der Waals surface area contributed by atoms with Crippen LogP contribution in [-0.4, -0.2) is 23.9 Å². The van der Waals surface area contributed by atoms with E-state index in [1.165, 1.54) is 5.39 Å². The van der Waals surface area contributed by atoms with E-state index in [-0.39, 0.29) is 0 Å². The Morgan fingerprint density at radius 1 is 0.512 bits per heavy atom. The highest BCUT2D eigenvalue weighted by Crippen LogP contribution is 2.37. The molecule has 5 heterocycles. The first-order valence-electron chi connectivity index (χ1n) is 14.2. The lowest BCUT2D eigenvalue weighted by Gasteiger charge is -2.11. The first-order chi connectivity index (χ1) is 21.3. The van der Waals surface area contributed by atoms with Crippen molar-refractivity contribution >= 4 is 49.3 Å². The Morgan fingerprint density at radius 2 is 1.26 bits per heavy atom. The minimum atomic E-state index is 0.738. The van der Waals surface area contributed by atoms with Gasteiger partial charge in [0.1, 0.15) is 28.6 Å². The van der Waals surface area contributed by atoms with Crippen LogP contribution in [0.5, 0.6) is 11.5 Å². The van der Waals surface area contributed by atoms with E-state index in [4.69, 9.17) is 14.7 Å². The van der Waals surface area contributed by atoms with Gasteiger partial charge in [0, 0.05) is 51.8 Å². The van der Waals surface area contributed by atoms with Crippen LogP contribution >= 0.6 is 0 Å². The van der Waals surface area contributed by atoms with Crippen molar-refractivity contribution in [2.24, 2.45) is 0 Å². The molecule has 0 radical (unpaired) electrons. The Labute approximate surface area is 246 Å². The molecule has 0 N–H and O–H groups in total. The lowest BCUT2D eigenvalue weighted by molar-refractivity contribution is 0.484. The second-order valence-corrected chi connectivity index (χ2v) is 10.6. The highest BCUT2D eigenvalue weighted by Gasteiger charge is 2.16. The van der Waals surface area contributed by atoms with Gasteiger partial charge >= 0.3 is 0 Å². The molecule has 9 rings (SSSR count). The molecule has 5 aromatic heterocycles. The van der Waals surface area contributed by atoms with Gasteiger partial charge in [-0.15, -0.1) is 0 Å². The quantitative estimate of drug-likeness (QED) is 0.204. The summed E-state index contributed by atoms with van der Waals surface area (Å²) < 4.78 is 10.8. The van der Waals surface area contributed by atoms with E-state index in [9.17, 15) is 0 Å². The van der Waals surface area contributed by atoms with Crippen LogP contribution in [0.3, 0.4) is 0 Å². The van der Waals surface area contributed by atoms with Crippen LogP contribution in [0.15, 0.2) is 140 Å². The van der Waals surface area contributed by atoms with Crippen molar-refractivity contribution < 1.29 is 4.74 Å². The number of rotatable bonds is 4.